The molecule has 2 amide bonds. The smallest absolute Gasteiger partial charge is 0.418 e. The number of para-hydroxylation sites is 1. The summed E-state index contributed by atoms with van der Waals surface area (Å²) in [5.74, 6) is -1.89. The summed E-state index contributed by atoms with van der Waals surface area (Å²) in [5, 5.41) is 11.7. The molecule has 2 rings (SSSR count). The summed E-state index contributed by atoms with van der Waals surface area (Å²) in [6.07, 6.45) is -4.67. The SMILES string of the molecule is O=C(Nc1ccccc1C(F)(F)F)N(S)c1cc(Br)cc(F)c1O. The Hall–Kier alpha value is -1.94. The zero-order valence-electron chi connectivity index (χ0n) is 11.6. The number of phenols is 1. The van der Waals surface area contributed by atoms with Gasteiger partial charge in [0.05, 0.1) is 11.3 Å². The van der Waals surface area contributed by atoms with Crippen LogP contribution in [0.5, 0.6) is 5.75 Å². The highest BCUT2D eigenvalue weighted by molar-refractivity contribution is 9.10. The maximum absolute atomic E-state index is 13.5. The Labute approximate surface area is 147 Å². The Morgan fingerprint density at radius 1 is 1.25 bits per heavy atom. The van der Waals surface area contributed by atoms with Gasteiger partial charge in [-0.3, -0.25) is 0 Å². The molecule has 2 aromatic carbocycles. The van der Waals surface area contributed by atoms with E-state index in [0.29, 0.717) is 4.31 Å². The van der Waals surface area contributed by atoms with Gasteiger partial charge >= 0.3 is 12.2 Å². The molecule has 0 spiro atoms. The molecule has 24 heavy (non-hydrogen) atoms. The number of nitrogens with zero attached hydrogens (tertiary/aromatic N) is 1. The molecule has 0 bridgehead atoms. The van der Waals surface area contributed by atoms with Crippen molar-refractivity contribution in [2.24, 2.45) is 0 Å². The number of amides is 2. The van der Waals surface area contributed by atoms with Crippen LogP contribution >= 0.6 is 28.7 Å². The van der Waals surface area contributed by atoms with E-state index in [1.807, 2.05) is 5.32 Å². The fourth-order valence-electron chi connectivity index (χ4n) is 1.83. The number of aromatic hydroxyl groups is 1. The molecule has 2 aromatic rings. The van der Waals surface area contributed by atoms with Crippen LogP contribution in [-0.2, 0) is 6.18 Å². The summed E-state index contributed by atoms with van der Waals surface area (Å²) in [4.78, 5) is 12.1. The number of anilines is 2. The molecule has 2 N–H and O–H groups in total. The molecule has 0 fully saturated rings. The number of hydrogen-bond acceptors (Lipinski definition) is 3. The van der Waals surface area contributed by atoms with Crippen LogP contribution in [0.25, 0.3) is 0 Å². The number of nitrogens with one attached hydrogen (secondary N) is 1. The maximum atomic E-state index is 13.5. The first-order chi connectivity index (χ1) is 11.1. The summed E-state index contributed by atoms with van der Waals surface area (Å²) < 4.78 is 52.9. The van der Waals surface area contributed by atoms with Gasteiger partial charge in [-0.2, -0.15) is 13.2 Å². The number of carbonyl (C=O) groups excluding carboxylic acids is 1. The minimum absolute atomic E-state index is 0.204. The quantitative estimate of drug-likeness (QED) is 0.458. The number of hydrogen-bond donors (Lipinski definition) is 3. The van der Waals surface area contributed by atoms with Crippen LogP contribution in [0.2, 0.25) is 0 Å². The molecular weight excluding hydrogens is 416 g/mol. The molecule has 0 radical (unpaired) electrons. The van der Waals surface area contributed by atoms with Crippen LogP contribution in [0.15, 0.2) is 40.9 Å². The average molecular weight is 425 g/mol. The summed E-state index contributed by atoms with van der Waals surface area (Å²) >= 11 is 6.79. The molecule has 0 saturated carbocycles. The predicted molar refractivity (Wildman–Crippen MR) is 87.7 cm³/mol. The Balaban J connectivity index is 2.32. The van der Waals surface area contributed by atoms with Gasteiger partial charge in [-0.15, -0.1) is 0 Å². The number of halogens is 5. The number of phenolic OH excluding ortho intramolecular Hbond substituents is 1. The van der Waals surface area contributed by atoms with Crippen molar-refractivity contribution in [2.75, 3.05) is 9.62 Å². The summed E-state index contributed by atoms with van der Waals surface area (Å²) in [6, 6.07) is 5.37. The Kier molecular flexibility index (Phi) is 5.29. The average Bonchev–Trinajstić information content (AvgIpc) is 2.49. The lowest BCUT2D eigenvalue weighted by Gasteiger charge is -2.20. The van der Waals surface area contributed by atoms with Crippen LogP contribution in [0.1, 0.15) is 5.56 Å². The van der Waals surface area contributed by atoms with Gasteiger partial charge in [-0.05, 0) is 24.3 Å². The Bertz CT molecular complexity index is 786. The molecule has 128 valence electrons. The molecule has 0 atom stereocenters. The zero-order chi connectivity index (χ0) is 18.1. The van der Waals surface area contributed by atoms with Crippen LogP contribution in [-0.4, -0.2) is 11.1 Å². The van der Waals surface area contributed by atoms with E-state index in [1.165, 1.54) is 18.2 Å². The van der Waals surface area contributed by atoms with E-state index in [1.54, 1.807) is 0 Å². The van der Waals surface area contributed by atoms with Crippen molar-refractivity contribution in [2.45, 2.75) is 6.18 Å². The number of urea groups is 1. The molecule has 0 saturated heterocycles. The lowest BCUT2D eigenvalue weighted by atomic mass is 10.1. The lowest BCUT2D eigenvalue weighted by Crippen LogP contribution is -2.28. The van der Waals surface area contributed by atoms with Gasteiger partial charge in [0.1, 0.15) is 5.69 Å². The maximum Gasteiger partial charge on any atom is 0.418 e. The molecule has 0 unspecified atom stereocenters. The predicted octanol–water partition coefficient (Wildman–Crippen LogP) is 5.20. The standard InChI is InChI=1S/C14H9BrF4N2O2S/c15-7-5-9(16)12(22)11(6-7)21(24)13(23)20-10-4-2-1-3-8(10)14(17,18)19/h1-6,22,24H,(H,20,23). The summed E-state index contributed by atoms with van der Waals surface area (Å²) in [5.41, 5.74) is -1.89. The van der Waals surface area contributed by atoms with Gasteiger partial charge in [0, 0.05) is 4.47 Å². The van der Waals surface area contributed by atoms with Crippen molar-refractivity contribution < 1.29 is 27.5 Å². The first-order valence-electron chi connectivity index (χ1n) is 6.25. The van der Waals surface area contributed by atoms with E-state index in [9.17, 15) is 27.5 Å². The molecule has 0 aliphatic heterocycles. The molecule has 0 aliphatic rings. The summed E-state index contributed by atoms with van der Waals surface area (Å²) in [7, 11) is 0. The monoisotopic (exact) mass is 424 g/mol. The lowest BCUT2D eigenvalue weighted by molar-refractivity contribution is -0.136. The Morgan fingerprint density at radius 2 is 1.88 bits per heavy atom. The number of rotatable bonds is 2. The van der Waals surface area contributed by atoms with E-state index < -0.39 is 35.0 Å². The van der Waals surface area contributed by atoms with Gasteiger partial charge in [0.15, 0.2) is 11.6 Å². The Morgan fingerprint density at radius 3 is 2.50 bits per heavy atom. The second-order valence-electron chi connectivity index (χ2n) is 4.54. The van der Waals surface area contributed by atoms with E-state index >= 15 is 0 Å². The zero-order valence-corrected chi connectivity index (χ0v) is 14.1. The number of thiol groups is 1. The molecular formula is C14H9BrF4N2O2S. The fraction of sp³-hybridized carbons (Fsp3) is 0.0714. The summed E-state index contributed by atoms with van der Waals surface area (Å²) in [6.45, 7) is 0. The van der Waals surface area contributed by atoms with E-state index in [-0.39, 0.29) is 10.2 Å². The first kappa shape index (κ1) is 18.4. The number of benzene rings is 2. The van der Waals surface area contributed by atoms with Gasteiger partial charge < -0.3 is 10.4 Å². The van der Waals surface area contributed by atoms with Crippen molar-refractivity contribution in [3.63, 3.8) is 0 Å². The number of alkyl halides is 3. The minimum Gasteiger partial charge on any atom is -0.503 e. The second-order valence-corrected chi connectivity index (χ2v) is 5.86. The second kappa shape index (κ2) is 6.89. The normalized spacial score (nSPS) is 11.2. The highest BCUT2D eigenvalue weighted by Gasteiger charge is 2.34. The minimum atomic E-state index is -4.67. The third kappa shape index (κ3) is 3.93. The van der Waals surface area contributed by atoms with Crippen molar-refractivity contribution in [1.29, 1.82) is 0 Å². The van der Waals surface area contributed by atoms with E-state index in [0.717, 1.165) is 18.2 Å². The van der Waals surface area contributed by atoms with E-state index in [4.69, 9.17) is 0 Å². The highest BCUT2D eigenvalue weighted by atomic mass is 79.9. The van der Waals surface area contributed by atoms with Gasteiger partial charge in [-0.1, -0.05) is 40.9 Å². The van der Waals surface area contributed by atoms with Crippen LogP contribution in [0, 0.1) is 5.82 Å². The highest BCUT2D eigenvalue weighted by Crippen LogP contribution is 2.37. The molecule has 4 nitrogen and oxygen atoms in total. The molecule has 0 aromatic heterocycles. The largest absolute Gasteiger partial charge is 0.503 e. The van der Waals surface area contributed by atoms with Crippen LogP contribution in [0.4, 0.5) is 33.7 Å². The van der Waals surface area contributed by atoms with Crippen molar-refractivity contribution in [3.8, 4) is 5.75 Å². The van der Waals surface area contributed by atoms with Crippen LogP contribution in [0.3, 0.4) is 0 Å². The van der Waals surface area contributed by atoms with Gasteiger partial charge in [-0.25, -0.2) is 13.5 Å². The first-order valence-corrected chi connectivity index (χ1v) is 7.44. The van der Waals surface area contributed by atoms with Crippen LogP contribution < -0.4 is 9.62 Å². The fourth-order valence-corrected chi connectivity index (χ4v) is 2.45. The van der Waals surface area contributed by atoms with Gasteiger partial charge in [0.25, 0.3) is 0 Å². The third-order valence-corrected chi connectivity index (χ3v) is 3.76. The van der Waals surface area contributed by atoms with Crippen molar-refractivity contribution in [1.82, 2.24) is 0 Å². The topological polar surface area (TPSA) is 52.6 Å². The van der Waals surface area contributed by atoms with Gasteiger partial charge in [0.2, 0.25) is 0 Å². The van der Waals surface area contributed by atoms with E-state index in [2.05, 4.69) is 28.7 Å². The molecule has 10 heteroatoms. The van der Waals surface area contributed by atoms with Crippen molar-refractivity contribution in [3.05, 3.63) is 52.3 Å². The molecule has 0 aliphatic carbocycles. The third-order valence-electron chi connectivity index (χ3n) is 2.90. The molecule has 0 heterocycles. The number of carbonyl (C=O) groups is 1. The van der Waals surface area contributed by atoms with Crippen molar-refractivity contribution >= 4 is 46.2 Å².